The van der Waals surface area contributed by atoms with Crippen LogP contribution in [-0.4, -0.2) is 40.8 Å². The lowest BCUT2D eigenvalue weighted by molar-refractivity contribution is -0.113. The van der Waals surface area contributed by atoms with Crippen molar-refractivity contribution in [2.75, 3.05) is 36.8 Å². The van der Waals surface area contributed by atoms with Gasteiger partial charge >= 0.3 is 0 Å². The zero-order valence-electron chi connectivity index (χ0n) is 13.3. The first-order valence-electron chi connectivity index (χ1n) is 6.87. The van der Waals surface area contributed by atoms with Crippen molar-refractivity contribution in [2.45, 2.75) is 5.75 Å². The van der Waals surface area contributed by atoms with Crippen LogP contribution in [0.2, 0.25) is 0 Å². The number of thioether (sulfide) groups is 1. The summed E-state index contributed by atoms with van der Waals surface area (Å²) in [6.45, 7) is 0. The average Bonchev–Trinajstić information content (AvgIpc) is 2.53. The Bertz CT molecular complexity index is 707. The minimum atomic E-state index is -0.193. The fourth-order valence-electron chi connectivity index (χ4n) is 1.85. The molecule has 0 aliphatic carbocycles. The molecule has 0 saturated carbocycles. The Morgan fingerprint density at radius 1 is 1.17 bits per heavy atom. The maximum absolute atomic E-state index is 12.1. The number of methoxy groups -OCH3 is 2. The molecule has 128 valence electrons. The molecule has 5 N–H and O–H groups in total. The number of nitrogen functional groups attached to an aromatic ring is 2. The number of carbonyl (C=O) groups excluding carboxylic acids is 1. The van der Waals surface area contributed by atoms with Crippen molar-refractivity contribution >= 4 is 35.3 Å². The van der Waals surface area contributed by atoms with Crippen molar-refractivity contribution in [3.05, 3.63) is 24.0 Å². The van der Waals surface area contributed by atoms with Gasteiger partial charge in [0.1, 0.15) is 17.3 Å². The van der Waals surface area contributed by atoms with Gasteiger partial charge in [0.25, 0.3) is 0 Å². The van der Waals surface area contributed by atoms with Crippen molar-refractivity contribution in [1.29, 1.82) is 0 Å². The number of rotatable bonds is 7. The van der Waals surface area contributed by atoms with E-state index in [1.165, 1.54) is 18.9 Å². The summed E-state index contributed by atoms with van der Waals surface area (Å²) in [6, 6.07) is 5.16. The van der Waals surface area contributed by atoms with E-state index in [9.17, 15) is 4.79 Å². The summed E-state index contributed by atoms with van der Waals surface area (Å²) in [5, 5.41) is 2.78. The van der Waals surface area contributed by atoms with Crippen LogP contribution in [0, 0.1) is 0 Å². The number of benzene rings is 1. The third-order valence-electron chi connectivity index (χ3n) is 2.86. The third-order valence-corrected chi connectivity index (χ3v) is 3.79. The second-order valence-electron chi connectivity index (χ2n) is 4.58. The molecule has 0 fully saturated rings. The molecule has 2 rings (SSSR count). The number of amides is 1. The first-order chi connectivity index (χ1) is 11.5. The van der Waals surface area contributed by atoms with E-state index >= 15 is 0 Å². The minimum Gasteiger partial charge on any atom is -0.497 e. The molecule has 0 radical (unpaired) electrons. The first-order valence-corrected chi connectivity index (χ1v) is 8.03. The predicted octanol–water partition coefficient (Wildman–Crippen LogP) is 0.925. The largest absolute Gasteiger partial charge is 0.497 e. The number of aromatic nitrogens is 3. The summed E-state index contributed by atoms with van der Waals surface area (Å²) in [6.07, 6.45) is 0. The zero-order valence-corrected chi connectivity index (χ0v) is 14.1. The van der Waals surface area contributed by atoms with E-state index in [4.69, 9.17) is 20.9 Å². The molecule has 2 aromatic rings. The molecule has 0 aliphatic rings. The number of hydrogen-bond donors (Lipinski definition) is 3. The van der Waals surface area contributed by atoms with Gasteiger partial charge in [-0.25, -0.2) is 0 Å². The van der Waals surface area contributed by atoms with Crippen LogP contribution in [0.1, 0.15) is 5.82 Å². The van der Waals surface area contributed by atoms with Crippen LogP contribution in [0.25, 0.3) is 0 Å². The summed E-state index contributed by atoms with van der Waals surface area (Å²) >= 11 is 1.33. The van der Waals surface area contributed by atoms with E-state index in [1.807, 2.05) is 0 Å². The maximum atomic E-state index is 12.1. The first kappa shape index (κ1) is 17.6. The summed E-state index contributed by atoms with van der Waals surface area (Å²) in [7, 11) is 3.08. The molecule has 0 atom stereocenters. The summed E-state index contributed by atoms with van der Waals surface area (Å²) < 4.78 is 10.4. The predicted molar refractivity (Wildman–Crippen MR) is 93.0 cm³/mol. The second-order valence-corrected chi connectivity index (χ2v) is 5.56. The third kappa shape index (κ3) is 4.88. The highest BCUT2D eigenvalue weighted by Crippen LogP contribution is 2.29. The molecule has 0 saturated heterocycles. The summed E-state index contributed by atoms with van der Waals surface area (Å²) in [5.74, 6) is 2.11. The van der Waals surface area contributed by atoms with Gasteiger partial charge in [0, 0.05) is 6.07 Å². The molecule has 0 aliphatic heterocycles. The maximum Gasteiger partial charge on any atom is 0.234 e. The highest BCUT2D eigenvalue weighted by molar-refractivity contribution is 7.99. The van der Waals surface area contributed by atoms with Gasteiger partial charge in [0.15, 0.2) is 0 Å². The van der Waals surface area contributed by atoms with Gasteiger partial charge in [-0.3, -0.25) is 4.79 Å². The van der Waals surface area contributed by atoms with E-state index in [1.54, 1.807) is 25.3 Å². The van der Waals surface area contributed by atoms with Crippen molar-refractivity contribution in [2.24, 2.45) is 0 Å². The molecule has 0 unspecified atom stereocenters. The molecule has 0 bridgehead atoms. The Kier molecular flexibility index (Phi) is 6.01. The zero-order chi connectivity index (χ0) is 17.5. The molecular formula is C14H18N6O3S. The molecule has 1 amide bonds. The molecule has 24 heavy (non-hydrogen) atoms. The monoisotopic (exact) mass is 350 g/mol. The van der Waals surface area contributed by atoms with Crippen LogP contribution >= 0.6 is 11.8 Å². The Balaban J connectivity index is 1.91. The highest BCUT2D eigenvalue weighted by Gasteiger charge is 2.10. The lowest BCUT2D eigenvalue weighted by atomic mass is 10.2. The Morgan fingerprint density at radius 3 is 2.50 bits per heavy atom. The van der Waals surface area contributed by atoms with Gasteiger partial charge in [0.05, 0.1) is 31.4 Å². The van der Waals surface area contributed by atoms with Gasteiger partial charge in [-0.15, -0.1) is 11.8 Å². The van der Waals surface area contributed by atoms with Gasteiger partial charge in [-0.2, -0.15) is 15.0 Å². The van der Waals surface area contributed by atoms with Gasteiger partial charge < -0.3 is 26.3 Å². The number of hydrogen-bond acceptors (Lipinski definition) is 9. The van der Waals surface area contributed by atoms with E-state index in [0.717, 1.165) is 0 Å². The van der Waals surface area contributed by atoms with Crippen LogP contribution in [0.5, 0.6) is 11.5 Å². The fraction of sp³-hybridized carbons (Fsp3) is 0.286. The smallest absolute Gasteiger partial charge is 0.234 e. The normalized spacial score (nSPS) is 10.2. The lowest BCUT2D eigenvalue weighted by Gasteiger charge is -2.11. The van der Waals surface area contributed by atoms with E-state index in [-0.39, 0.29) is 23.6 Å². The molecular weight excluding hydrogens is 332 g/mol. The number of nitrogens with zero attached hydrogens (tertiary/aromatic N) is 3. The van der Waals surface area contributed by atoms with Crippen LogP contribution in [-0.2, 0) is 10.5 Å². The van der Waals surface area contributed by atoms with Crippen molar-refractivity contribution in [3.63, 3.8) is 0 Å². The van der Waals surface area contributed by atoms with Gasteiger partial charge in [-0.05, 0) is 12.1 Å². The molecule has 1 heterocycles. The van der Waals surface area contributed by atoms with Crippen molar-refractivity contribution in [3.8, 4) is 11.5 Å². The van der Waals surface area contributed by atoms with E-state index in [0.29, 0.717) is 28.8 Å². The number of nitrogens with one attached hydrogen (secondary N) is 1. The topological polar surface area (TPSA) is 138 Å². The summed E-state index contributed by atoms with van der Waals surface area (Å²) in [4.78, 5) is 23.7. The fourth-order valence-corrected chi connectivity index (χ4v) is 2.53. The number of anilines is 3. The lowest BCUT2D eigenvalue weighted by Crippen LogP contribution is -2.15. The van der Waals surface area contributed by atoms with Crippen molar-refractivity contribution in [1.82, 2.24) is 15.0 Å². The van der Waals surface area contributed by atoms with Crippen LogP contribution in [0.3, 0.4) is 0 Å². The second kappa shape index (κ2) is 8.20. The SMILES string of the molecule is COc1ccc(OC)c(NC(=O)CSCc2nc(N)nc(N)n2)c1. The molecule has 0 spiro atoms. The number of ether oxygens (including phenoxy) is 2. The summed E-state index contributed by atoms with van der Waals surface area (Å²) in [5.41, 5.74) is 11.5. The Hall–Kier alpha value is -2.75. The van der Waals surface area contributed by atoms with E-state index in [2.05, 4.69) is 20.3 Å². The minimum absolute atomic E-state index is 0.0590. The Labute approximate surface area is 143 Å². The van der Waals surface area contributed by atoms with Crippen LogP contribution in [0.15, 0.2) is 18.2 Å². The molecule has 10 heteroatoms. The van der Waals surface area contributed by atoms with Gasteiger partial charge in [-0.1, -0.05) is 0 Å². The number of nitrogens with two attached hydrogens (primary N) is 2. The average molecular weight is 350 g/mol. The highest BCUT2D eigenvalue weighted by atomic mass is 32.2. The van der Waals surface area contributed by atoms with Crippen molar-refractivity contribution < 1.29 is 14.3 Å². The molecule has 1 aromatic heterocycles. The Morgan fingerprint density at radius 2 is 1.88 bits per heavy atom. The quantitative estimate of drug-likeness (QED) is 0.665. The van der Waals surface area contributed by atoms with Crippen LogP contribution < -0.4 is 26.3 Å². The molecule has 9 nitrogen and oxygen atoms in total. The standard InChI is InChI=1S/C14H18N6O3S/c1-22-8-3-4-10(23-2)9(5-8)17-12(21)7-24-6-11-18-13(15)20-14(16)19-11/h3-5H,6-7H2,1-2H3,(H,17,21)(H4,15,16,18,19,20). The number of carbonyl (C=O) groups is 1. The van der Waals surface area contributed by atoms with E-state index < -0.39 is 0 Å². The van der Waals surface area contributed by atoms with Crippen LogP contribution in [0.4, 0.5) is 17.6 Å². The molecule has 1 aromatic carbocycles. The van der Waals surface area contributed by atoms with Gasteiger partial charge in [0.2, 0.25) is 17.8 Å².